The molecule has 0 aliphatic carbocycles. The maximum Gasteiger partial charge on any atom is 0.294 e. The lowest BCUT2D eigenvalue weighted by atomic mass is 10.0. The van der Waals surface area contributed by atoms with Crippen molar-refractivity contribution in [2.24, 2.45) is 0 Å². The Morgan fingerprint density at radius 2 is 1.01 bits per heavy atom. The van der Waals surface area contributed by atoms with Crippen LogP contribution in [-0.4, -0.2) is 244 Å². The normalized spacial score (nSPS) is 15.6. The number of aromatic nitrogens is 8. The van der Waals surface area contributed by atoms with Crippen LogP contribution in [0.2, 0.25) is 5.28 Å². The van der Waals surface area contributed by atoms with Crippen LogP contribution in [-0.2, 0) is 19.2 Å². The van der Waals surface area contributed by atoms with Crippen molar-refractivity contribution in [2.45, 2.75) is 83.2 Å². The molecule has 28 nitrogen and oxygen atoms in total. The zero-order valence-electron chi connectivity index (χ0n) is 67.1. The Kier molecular flexibility index (Phi) is 32.4. The highest BCUT2D eigenvalue weighted by molar-refractivity contribution is 9.11. The fraction of sp³-hybridized carbons (Fsp3) is 0.443. The number of nitrogens with two attached hydrogens (primary N) is 1. The molecule has 5 aromatic carbocycles. The van der Waals surface area contributed by atoms with Crippen LogP contribution in [0.15, 0.2) is 136 Å². The van der Waals surface area contributed by atoms with Crippen LogP contribution in [0.3, 0.4) is 0 Å². The fourth-order valence-electron chi connectivity index (χ4n) is 13.4. The summed E-state index contributed by atoms with van der Waals surface area (Å²) in [7, 11) is 1.75. The SMILES string of the molecule is CCCCO.COc1cc(N)c(C)cc1N1CCN(C2CCN(C)CC2)CC1.COc1cnn(-c2ccc(Nc3nc(Cl)ncc3Br)c(P(C)(C)=O)c2)c1.COc1cnn(-c2ccc(Nc3nc(Nc4cc(OC)c(N5CCN(C6CCN(C)CC6)CC5)cc4C)ncc3Br)c(P(C)(C)=O)c2)c1.Cc1ccc(S(=O)(=O)O)cc1. The molecule has 9 aromatic rings. The number of likely N-dealkylation sites (tertiary alicyclic amines) is 2. The van der Waals surface area contributed by atoms with E-state index in [9.17, 15) is 17.5 Å². The third kappa shape index (κ3) is 25.1. The van der Waals surface area contributed by atoms with Crippen LogP contribution in [0.5, 0.6) is 23.0 Å². The molecule has 0 saturated carbocycles. The van der Waals surface area contributed by atoms with Gasteiger partial charge in [0.25, 0.3) is 10.1 Å². The molecule has 13 rings (SSSR count). The summed E-state index contributed by atoms with van der Waals surface area (Å²) in [6.07, 6.45) is 17.2. The third-order valence-electron chi connectivity index (χ3n) is 20.1. The number of halogens is 3. The van der Waals surface area contributed by atoms with E-state index in [2.05, 4.69) is 149 Å². The first-order valence-electron chi connectivity index (χ1n) is 37.5. The molecule has 113 heavy (non-hydrogen) atoms. The van der Waals surface area contributed by atoms with Gasteiger partial charge in [-0.1, -0.05) is 31.0 Å². The summed E-state index contributed by atoms with van der Waals surface area (Å²) in [5.74, 6) is 4.44. The number of aliphatic hydroxyl groups is 1. The molecular formula is C79H109Br2ClN18O10P2S. The molecule has 4 aliphatic heterocycles. The van der Waals surface area contributed by atoms with Gasteiger partial charge in [-0.05, 0) is 235 Å². The Morgan fingerprint density at radius 1 is 0.566 bits per heavy atom. The molecular weight excluding hydrogens is 1650 g/mol. The number of benzene rings is 5. The zero-order chi connectivity index (χ0) is 81.9. The van der Waals surface area contributed by atoms with E-state index >= 15 is 0 Å². The number of aryl methyl sites for hydroxylation is 3. The highest BCUT2D eigenvalue weighted by Crippen LogP contribution is 2.43. The van der Waals surface area contributed by atoms with Crippen LogP contribution in [0.1, 0.15) is 62.1 Å². The largest absolute Gasteiger partial charge is 0.495 e. The van der Waals surface area contributed by atoms with Gasteiger partial charge in [0.15, 0.2) is 11.5 Å². The number of piperidine rings is 2. The summed E-state index contributed by atoms with van der Waals surface area (Å²) in [6, 6.07) is 27.0. The van der Waals surface area contributed by atoms with Crippen molar-refractivity contribution in [1.82, 2.24) is 59.1 Å². The predicted molar refractivity (Wildman–Crippen MR) is 464 cm³/mol. The smallest absolute Gasteiger partial charge is 0.294 e. The maximum atomic E-state index is 13.4. The minimum absolute atomic E-state index is 0.0666. The molecule has 8 heterocycles. The topological polar surface area (TPSA) is 314 Å². The van der Waals surface area contributed by atoms with Gasteiger partial charge in [0.05, 0.1) is 101 Å². The molecule has 0 atom stereocenters. The third-order valence-corrected chi connectivity index (χ3v) is 25.4. The van der Waals surface area contributed by atoms with Crippen molar-refractivity contribution in [3.05, 3.63) is 153 Å². The van der Waals surface area contributed by atoms with Crippen LogP contribution < -0.4 is 61.0 Å². The molecule has 0 amide bonds. The van der Waals surface area contributed by atoms with Crippen LogP contribution in [0, 0.1) is 20.8 Å². The van der Waals surface area contributed by atoms with Gasteiger partial charge in [0, 0.05) is 118 Å². The fourth-order valence-corrected chi connectivity index (χ4v) is 16.9. The van der Waals surface area contributed by atoms with E-state index in [1.165, 1.54) is 69.7 Å². The maximum absolute atomic E-state index is 13.4. The monoisotopic (exact) mass is 1760 g/mol. The molecule has 4 aromatic heterocycles. The second-order valence-corrected chi connectivity index (χ2v) is 38.9. The predicted octanol–water partition coefficient (Wildman–Crippen LogP) is 13.6. The van der Waals surface area contributed by atoms with E-state index in [0.29, 0.717) is 72.7 Å². The minimum Gasteiger partial charge on any atom is -0.495 e. The summed E-state index contributed by atoms with van der Waals surface area (Å²) in [5.41, 5.74) is 16.0. The number of methoxy groups -OCH3 is 4. The quantitative estimate of drug-likeness (QED) is 0.0168. The molecule has 4 aliphatic rings. The van der Waals surface area contributed by atoms with Gasteiger partial charge < -0.3 is 74.5 Å². The van der Waals surface area contributed by atoms with Crippen molar-refractivity contribution in [3.8, 4) is 34.4 Å². The van der Waals surface area contributed by atoms with Crippen molar-refractivity contribution in [2.75, 3.05) is 186 Å². The number of piperazine rings is 2. The number of nitrogen functional groups attached to an aromatic ring is 1. The Bertz CT molecular complexity index is 4830. The molecule has 0 spiro atoms. The summed E-state index contributed by atoms with van der Waals surface area (Å²) < 4.78 is 82.4. The minimum atomic E-state index is -4.02. The van der Waals surface area contributed by atoms with Crippen molar-refractivity contribution < 1.29 is 46.2 Å². The van der Waals surface area contributed by atoms with E-state index in [0.717, 1.165) is 128 Å². The molecule has 4 saturated heterocycles. The number of hydrogen-bond donors (Lipinski definition) is 6. The molecule has 34 heteroatoms. The first-order chi connectivity index (χ1) is 53.8. The zero-order valence-corrected chi connectivity index (χ0v) is 73.6. The summed E-state index contributed by atoms with van der Waals surface area (Å²) in [6.45, 7) is 28.6. The second-order valence-electron chi connectivity index (χ2n) is 29.1. The van der Waals surface area contributed by atoms with Gasteiger partial charge >= 0.3 is 0 Å². The van der Waals surface area contributed by atoms with Gasteiger partial charge in [0.1, 0.15) is 37.4 Å². The van der Waals surface area contributed by atoms with Gasteiger partial charge in [-0.15, -0.1) is 0 Å². The van der Waals surface area contributed by atoms with Crippen LogP contribution >= 0.6 is 57.7 Å². The number of rotatable bonds is 21. The van der Waals surface area contributed by atoms with Crippen molar-refractivity contribution >= 4 is 130 Å². The lowest BCUT2D eigenvalue weighted by molar-refractivity contribution is 0.115. The Morgan fingerprint density at radius 3 is 1.42 bits per heavy atom. The molecule has 0 bridgehead atoms. The number of nitrogens with zero attached hydrogens (tertiary/aromatic N) is 14. The van der Waals surface area contributed by atoms with Gasteiger partial charge in [-0.25, -0.2) is 19.3 Å². The number of aliphatic hydroxyl groups excluding tert-OH is 1. The van der Waals surface area contributed by atoms with Crippen LogP contribution in [0.4, 0.5) is 51.7 Å². The lowest BCUT2D eigenvalue weighted by Crippen LogP contribution is -2.53. The second kappa shape index (κ2) is 41.1. The van der Waals surface area contributed by atoms with Gasteiger partial charge in [-0.2, -0.15) is 28.6 Å². The number of nitrogens with one attached hydrogen (secondary N) is 3. The molecule has 612 valence electrons. The number of ether oxygens (including phenoxy) is 4. The molecule has 0 unspecified atom stereocenters. The van der Waals surface area contributed by atoms with E-state index < -0.39 is 24.4 Å². The van der Waals surface area contributed by atoms with Gasteiger partial charge in [-0.3, -0.25) is 14.4 Å². The Balaban J connectivity index is 0.000000189. The van der Waals surface area contributed by atoms with E-state index in [4.69, 9.17) is 50.9 Å². The first kappa shape index (κ1) is 89.0. The van der Waals surface area contributed by atoms with Crippen LogP contribution in [0.25, 0.3) is 11.4 Å². The van der Waals surface area contributed by atoms with E-state index in [1.54, 1.807) is 114 Å². The number of unbranched alkanes of at least 4 members (excludes halogenated alkanes) is 1. The summed E-state index contributed by atoms with van der Waals surface area (Å²) in [4.78, 5) is 32.4. The first-order valence-corrected chi connectivity index (χ1v) is 46.1. The Labute approximate surface area is 687 Å². The summed E-state index contributed by atoms with van der Waals surface area (Å²) >= 11 is 12.8. The highest BCUT2D eigenvalue weighted by Gasteiger charge is 2.31. The van der Waals surface area contributed by atoms with E-state index in [-0.39, 0.29) is 10.2 Å². The lowest BCUT2D eigenvalue weighted by Gasteiger charge is -2.43. The number of hydrogen-bond acceptors (Lipinski definition) is 25. The molecule has 0 radical (unpaired) electrons. The molecule has 7 N–H and O–H groups in total. The number of anilines is 9. The van der Waals surface area contributed by atoms with E-state index in [1.807, 2.05) is 55.5 Å². The van der Waals surface area contributed by atoms with Crippen molar-refractivity contribution in [3.63, 3.8) is 0 Å². The molecule has 4 fully saturated rings. The standard InChI is InChI=1S/C34H45BrN9O3P.C18H30N4O.C16H16BrClN5O2P.C7H8O3S.C4H10O/c1-23-17-30(43-15-13-42(14-16-43)24-9-11-41(2)12-10-24)31(47-4)19-29(23)39-34-36-21-27(35)33(40-34)38-28-8-7-25(18-32(28)48(5,6)45)44-22-26(46-3)20-37-44;1-14-12-17(18(23-3)13-16(14)19)22-10-8-21(9-11-22)15-4-6-20(2)7-5-15;1-25-11-7-20-23(9-11)10-4-5-13(14(6-10)26(2,3)24)21-15-12(17)8-19-16(18)22-15;1-6-2-4-7(5-3-6)11(8,9)10;1-2-3-4-5/h7-8,17-22,24H,9-16H2,1-6H3,(H2,36,38,39,40);12-13,15H,4-11,19H2,1-3H3;4-9H,1-3H3,(H,19,21,22);2-5H,1H3,(H,8,9,10);5H,2-4H2,1H3. The highest BCUT2D eigenvalue weighted by atomic mass is 79.9. The average molecular weight is 1760 g/mol. The van der Waals surface area contributed by atoms with Gasteiger partial charge in [0.2, 0.25) is 11.2 Å². The average Bonchev–Trinajstić information content (AvgIpc) is 1.17. The summed E-state index contributed by atoms with van der Waals surface area (Å²) in [5, 5.41) is 28.1. The Hall–Kier alpha value is -7.90. The van der Waals surface area contributed by atoms with Crippen molar-refractivity contribution in [1.29, 1.82) is 0 Å².